The topological polar surface area (TPSA) is 33.1 Å². The molecule has 20 heavy (non-hydrogen) atoms. The van der Waals surface area contributed by atoms with E-state index in [9.17, 15) is 5.11 Å². The molecule has 1 aliphatic rings. The Morgan fingerprint density at radius 2 is 1.80 bits per heavy atom. The first-order chi connectivity index (χ1) is 9.74. The molecule has 0 aliphatic heterocycles. The van der Waals surface area contributed by atoms with Gasteiger partial charge in [-0.1, -0.05) is 43.2 Å². The molecule has 0 radical (unpaired) electrons. The van der Waals surface area contributed by atoms with Crippen molar-refractivity contribution in [2.75, 3.05) is 0 Å². The number of aryl methyl sites for hydroxylation is 1. The van der Waals surface area contributed by atoms with Gasteiger partial charge in [-0.3, -0.25) is 4.98 Å². The van der Waals surface area contributed by atoms with E-state index in [1.807, 2.05) is 25.3 Å². The molecule has 1 unspecified atom stereocenters. The van der Waals surface area contributed by atoms with Crippen molar-refractivity contribution in [3.05, 3.63) is 65.5 Å². The summed E-state index contributed by atoms with van der Waals surface area (Å²) in [5.41, 5.74) is 3.20. The predicted octanol–water partition coefficient (Wildman–Crippen LogP) is 3.94. The highest BCUT2D eigenvalue weighted by Crippen LogP contribution is 2.49. The number of hydrogen-bond donors (Lipinski definition) is 1. The van der Waals surface area contributed by atoms with E-state index in [-0.39, 0.29) is 5.41 Å². The molecule has 1 aliphatic carbocycles. The first-order valence-electron chi connectivity index (χ1n) is 7.38. The van der Waals surface area contributed by atoms with Gasteiger partial charge in [0, 0.05) is 23.4 Å². The molecule has 0 saturated heterocycles. The Balaban J connectivity index is 2.06. The molecule has 3 rings (SSSR count). The minimum absolute atomic E-state index is 0.144. The molecular formula is C18H21NO. The van der Waals surface area contributed by atoms with Crippen LogP contribution < -0.4 is 0 Å². The number of aliphatic hydroxyl groups is 1. The first kappa shape index (κ1) is 13.3. The zero-order valence-corrected chi connectivity index (χ0v) is 11.9. The van der Waals surface area contributed by atoms with Gasteiger partial charge in [-0.2, -0.15) is 0 Å². The van der Waals surface area contributed by atoms with E-state index in [1.165, 1.54) is 18.4 Å². The SMILES string of the molecule is Cc1ccncc1C(O)C1(c2ccccc2)CCCC1. The maximum absolute atomic E-state index is 11.1. The van der Waals surface area contributed by atoms with E-state index in [1.54, 1.807) is 6.20 Å². The molecule has 1 atom stereocenters. The highest BCUT2D eigenvalue weighted by molar-refractivity contribution is 5.35. The summed E-state index contributed by atoms with van der Waals surface area (Å²) < 4.78 is 0. The second-order valence-electron chi connectivity index (χ2n) is 5.86. The maximum atomic E-state index is 11.1. The van der Waals surface area contributed by atoms with Crippen molar-refractivity contribution in [3.63, 3.8) is 0 Å². The lowest BCUT2D eigenvalue weighted by Gasteiger charge is -2.35. The molecule has 104 valence electrons. The van der Waals surface area contributed by atoms with Crippen molar-refractivity contribution >= 4 is 0 Å². The summed E-state index contributed by atoms with van der Waals surface area (Å²) >= 11 is 0. The van der Waals surface area contributed by atoms with Crippen LogP contribution in [-0.4, -0.2) is 10.1 Å². The van der Waals surface area contributed by atoms with E-state index in [4.69, 9.17) is 0 Å². The highest BCUT2D eigenvalue weighted by Gasteiger charge is 2.43. The average molecular weight is 267 g/mol. The fourth-order valence-corrected chi connectivity index (χ4v) is 3.56. The lowest BCUT2D eigenvalue weighted by atomic mass is 9.71. The van der Waals surface area contributed by atoms with Crippen LogP contribution in [0, 0.1) is 6.92 Å². The second-order valence-corrected chi connectivity index (χ2v) is 5.86. The Morgan fingerprint density at radius 1 is 1.10 bits per heavy atom. The molecule has 1 heterocycles. The third-order valence-electron chi connectivity index (χ3n) is 4.74. The molecular weight excluding hydrogens is 246 g/mol. The summed E-state index contributed by atoms with van der Waals surface area (Å²) in [7, 11) is 0. The van der Waals surface area contributed by atoms with Crippen molar-refractivity contribution in [2.24, 2.45) is 0 Å². The third kappa shape index (κ3) is 2.14. The Bertz CT molecular complexity index is 573. The van der Waals surface area contributed by atoms with Gasteiger partial charge in [0.1, 0.15) is 0 Å². The van der Waals surface area contributed by atoms with Gasteiger partial charge in [0.15, 0.2) is 0 Å². The van der Waals surface area contributed by atoms with Crippen LogP contribution in [0.3, 0.4) is 0 Å². The summed E-state index contributed by atoms with van der Waals surface area (Å²) in [4.78, 5) is 4.20. The van der Waals surface area contributed by atoms with E-state index in [2.05, 4.69) is 29.2 Å². The number of pyridine rings is 1. The van der Waals surface area contributed by atoms with Crippen LogP contribution in [0.2, 0.25) is 0 Å². The lowest BCUT2D eigenvalue weighted by Crippen LogP contribution is -2.31. The molecule has 1 aromatic heterocycles. The van der Waals surface area contributed by atoms with Crippen LogP contribution in [0.4, 0.5) is 0 Å². The Hall–Kier alpha value is -1.67. The molecule has 1 fully saturated rings. The zero-order valence-electron chi connectivity index (χ0n) is 11.9. The van der Waals surface area contributed by atoms with Crippen LogP contribution in [-0.2, 0) is 5.41 Å². The number of aliphatic hydroxyl groups excluding tert-OH is 1. The number of hydrogen-bond acceptors (Lipinski definition) is 2. The Morgan fingerprint density at radius 3 is 2.45 bits per heavy atom. The second kappa shape index (κ2) is 5.37. The predicted molar refractivity (Wildman–Crippen MR) is 80.5 cm³/mol. The summed E-state index contributed by atoms with van der Waals surface area (Å²) in [5.74, 6) is 0. The molecule has 0 amide bonds. The smallest absolute Gasteiger partial charge is 0.0903 e. The number of rotatable bonds is 3. The minimum Gasteiger partial charge on any atom is -0.387 e. The van der Waals surface area contributed by atoms with E-state index in [0.29, 0.717) is 0 Å². The Labute approximate surface area is 120 Å². The fourth-order valence-electron chi connectivity index (χ4n) is 3.56. The maximum Gasteiger partial charge on any atom is 0.0903 e. The van der Waals surface area contributed by atoms with Crippen LogP contribution in [0.25, 0.3) is 0 Å². The summed E-state index contributed by atoms with van der Waals surface area (Å²) in [6.45, 7) is 2.05. The minimum atomic E-state index is -0.471. The standard InChI is InChI=1S/C18H21NO/c1-14-9-12-19-13-16(14)17(20)18(10-5-6-11-18)15-7-3-2-4-8-15/h2-4,7-9,12-13,17,20H,5-6,10-11H2,1H3. The zero-order chi connectivity index (χ0) is 14.0. The van der Waals surface area contributed by atoms with Crippen LogP contribution in [0.5, 0.6) is 0 Å². The van der Waals surface area contributed by atoms with Gasteiger partial charge in [0.05, 0.1) is 6.10 Å². The molecule has 1 saturated carbocycles. The van der Waals surface area contributed by atoms with Crippen LogP contribution >= 0.6 is 0 Å². The molecule has 1 aromatic carbocycles. The molecule has 2 aromatic rings. The van der Waals surface area contributed by atoms with Crippen molar-refractivity contribution in [3.8, 4) is 0 Å². The molecule has 0 bridgehead atoms. The van der Waals surface area contributed by atoms with Crippen LogP contribution in [0.15, 0.2) is 48.8 Å². The van der Waals surface area contributed by atoms with Gasteiger partial charge in [0.25, 0.3) is 0 Å². The van der Waals surface area contributed by atoms with Gasteiger partial charge in [-0.05, 0) is 37.0 Å². The van der Waals surface area contributed by atoms with E-state index in [0.717, 1.165) is 24.0 Å². The number of nitrogens with zero attached hydrogens (tertiary/aromatic N) is 1. The van der Waals surface area contributed by atoms with E-state index >= 15 is 0 Å². The number of aromatic nitrogens is 1. The lowest BCUT2D eigenvalue weighted by molar-refractivity contribution is 0.0813. The Kier molecular flexibility index (Phi) is 3.58. The van der Waals surface area contributed by atoms with Crippen molar-refractivity contribution < 1.29 is 5.11 Å². The highest BCUT2D eigenvalue weighted by atomic mass is 16.3. The summed E-state index contributed by atoms with van der Waals surface area (Å²) in [6.07, 6.45) is 7.61. The van der Waals surface area contributed by atoms with Gasteiger partial charge in [-0.25, -0.2) is 0 Å². The largest absolute Gasteiger partial charge is 0.387 e. The average Bonchev–Trinajstić information content (AvgIpc) is 2.99. The van der Waals surface area contributed by atoms with Gasteiger partial charge >= 0.3 is 0 Å². The van der Waals surface area contributed by atoms with Gasteiger partial charge < -0.3 is 5.11 Å². The third-order valence-corrected chi connectivity index (χ3v) is 4.74. The number of benzene rings is 1. The quantitative estimate of drug-likeness (QED) is 0.914. The van der Waals surface area contributed by atoms with E-state index < -0.39 is 6.10 Å². The summed E-state index contributed by atoms with van der Waals surface area (Å²) in [5, 5.41) is 11.1. The van der Waals surface area contributed by atoms with Crippen molar-refractivity contribution in [2.45, 2.75) is 44.1 Å². The van der Waals surface area contributed by atoms with Crippen molar-refractivity contribution in [1.29, 1.82) is 0 Å². The molecule has 2 nitrogen and oxygen atoms in total. The van der Waals surface area contributed by atoms with Gasteiger partial charge in [-0.15, -0.1) is 0 Å². The monoisotopic (exact) mass is 267 g/mol. The molecule has 1 N–H and O–H groups in total. The van der Waals surface area contributed by atoms with Crippen LogP contribution in [0.1, 0.15) is 48.5 Å². The normalized spacial score (nSPS) is 18.9. The van der Waals surface area contributed by atoms with Gasteiger partial charge in [0.2, 0.25) is 0 Å². The molecule has 0 spiro atoms. The first-order valence-corrected chi connectivity index (χ1v) is 7.38. The summed E-state index contributed by atoms with van der Waals surface area (Å²) in [6, 6.07) is 12.5. The molecule has 2 heteroatoms. The van der Waals surface area contributed by atoms with Crippen molar-refractivity contribution in [1.82, 2.24) is 4.98 Å². The fraction of sp³-hybridized carbons (Fsp3) is 0.389.